The average Bonchev–Trinajstić information content (AvgIpc) is 2.70. The standard InChI is InChI=1S/C20H24N6O2/c1-14(2)26-13-21-17-12-15(4-5-16(17)20(26)28)24-8-10-25(11-9-24)18-6-7-19(27)23(3)22-18/h4-7,12-14H,8-11H2,1-3H3. The van der Waals surface area contributed by atoms with Crippen molar-refractivity contribution in [1.82, 2.24) is 19.3 Å². The predicted molar refractivity (Wildman–Crippen MR) is 110 cm³/mol. The van der Waals surface area contributed by atoms with E-state index < -0.39 is 0 Å². The molecule has 0 atom stereocenters. The molecule has 1 aromatic carbocycles. The molecule has 1 fully saturated rings. The minimum absolute atomic E-state index is 0.00265. The van der Waals surface area contributed by atoms with Crippen LogP contribution in [0.25, 0.3) is 10.9 Å². The van der Waals surface area contributed by atoms with E-state index >= 15 is 0 Å². The van der Waals surface area contributed by atoms with Crippen molar-refractivity contribution < 1.29 is 0 Å². The molecule has 146 valence electrons. The molecule has 1 aliphatic heterocycles. The van der Waals surface area contributed by atoms with E-state index in [0.717, 1.165) is 43.2 Å². The summed E-state index contributed by atoms with van der Waals surface area (Å²) in [5.74, 6) is 0.816. The first-order valence-electron chi connectivity index (χ1n) is 9.49. The van der Waals surface area contributed by atoms with Crippen molar-refractivity contribution in [2.75, 3.05) is 36.0 Å². The van der Waals surface area contributed by atoms with Gasteiger partial charge in [-0.3, -0.25) is 14.2 Å². The van der Waals surface area contributed by atoms with Gasteiger partial charge >= 0.3 is 0 Å². The maximum atomic E-state index is 12.6. The molecule has 28 heavy (non-hydrogen) atoms. The van der Waals surface area contributed by atoms with Crippen molar-refractivity contribution in [2.24, 2.45) is 7.05 Å². The summed E-state index contributed by atoms with van der Waals surface area (Å²) in [5.41, 5.74) is 1.68. The second kappa shape index (κ2) is 7.10. The number of hydrogen-bond donors (Lipinski definition) is 0. The molecular formula is C20H24N6O2. The topological polar surface area (TPSA) is 76.3 Å². The number of aromatic nitrogens is 4. The van der Waals surface area contributed by atoms with Gasteiger partial charge < -0.3 is 9.80 Å². The van der Waals surface area contributed by atoms with Gasteiger partial charge in [0, 0.05) is 51.0 Å². The molecule has 0 aliphatic carbocycles. The van der Waals surface area contributed by atoms with Crippen LogP contribution >= 0.6 is 0 Å². The van der Waals surface area contributed by atoms with E-state index in [1.54, 1.807) is 30.1 Å². The summed E-state index contributed by atoms with van der Waals surface area (Å²) in [7, 11) is 1.66. The molecule has 0 saturated carbocycles. The number of anilines is 2. The minimum Gasteiger partial charge on any atom is -0.368 e. The first-order chi connectivity index (χ1) is 13.4. The zero-order valence-corrected chi connectivity index (χ0v) is 16.4. The molecule has 0 radical (unpaired) electrons. The maximum absolute atomic E-state index is 12.6. The van der Waals surface area contributed by atoms with E-state index in [2.05, 4.69) is 19.9 Å². The number of piperazine rings is 1. The Balaban J connectivity index is 1.53. The van der Waals surface area contributed by atoms with Gasteiger partial charge in [-0.25, -0.2) is 9.67 Å². The highest BCUT2D eigenvalue weighted by Crippen LogP contribution is 2.22. The summed E-state index contributed by atoms with van der Waals surface area (Å²) in [6.45, 7) is 7.24. The molecule has 1 aliphatic rings. The maximum Gasteiger partial charge on any atom is 0.266 e. The molecule has 2 aromatic heterocycles. The third-order valence-electron chi connectivity index (χ3n) is 5.24. The van der Waals surface area contributed by atoms with E-state index in [4.69, 9.17) is 0 Å². The second-order valence-electron chi connectivity index (χ2n) is 7.38. The fraction of sp³-hybridized carbons (Fsp3) is 0.400. The van der Waals surface area contributed by atoms with Gasteiger partial charge in [-0.15, -0.1) is 0 Å². The number of fused-ring (bicyclic) bond motifs is 1. The van der Waals surface area contributed by atoms with E-state index in [1.165, 1.54) is 4.68 Å². The molecule has 3 aromatic rings. The van der Waals surface area contributed by atoms with Crippen molar-refractivity contribution in [3.63, 3.8) is 0 Å². The minimum atomic E-state index is -0.109. The van der Waals surface area contributed by atoms with Gasteiger partial charge in [-0.2, -0.15) is 5.10 Å². The second-order valence-corrected chi connectivity index (χ2v) is 7.38. The summed E-state index contributed by atoms with van der Waals surface area (Å²) in [6.07, 6.45) is 1.63. The van der Waals surface area contributed by atoms with Crippen LogP contribution in [0.1, 0.15) is 19.9 Å². The van der Waals surface area contributed by atoms with E-state index in [9.17, 15) is 9.59 Å². The highest BCUT2D eigenvalue weighted by molar-refractivity contribution is 5.81. The molecule has 0 amide bonds. The number of aryl methyl sites for hydroxylation is 1. The SMILES string of the molecule is CC(C)n1cnc2cc(N3CCN(c4ccc(=O)n(C)n4)CC3)ccc2c1=O. The summed E-state index contributed by atoms with van der Waals surface area (Å²) >= 11 is 0. The summed E-state index contributed by atoms with van der Waals surface area (Å²) in [6, 6.07) is 9.27. The molecule has 8 nitrogen and oxygen atoms in total. The first-order valence-corrected chi connectivity index (χ1v) is 9.49. The highest BCUT2D eigenvalue weighted by atomic mass is 16.1. The van der Waals surface area contributed by atoms with Crippen LogP contribution in [-0.2, 0) is 7.05 Å². The van der Waals surface area contributed by atoms with Crippen LogP contribution in [-0.4, -0.2) is 45.5 Å². The van der Waals surface area contributed by atoms with Crippen LogP contribution in [0.2, 0.25) is 0 Å². The van der Waals surface area contributed by atoms with E-state index in [0.29, 0.717) is 5.39 Å². The fourth-order valence-electron chi connectivity index (χ4n) is 3.54. The van der Waals surface area contributed by atoms with Gasteiger partial charge in [0.15, 0.2) is 0 Å². The number of nitrogens with zero attached hydrogens (tertiary/aromatic N) is 6. The van der Waals surface area contributed by atoms with Crippen LogP contribution in [0.3, 0.4) is 0 Å². The smallest absolute Gasteiger partial charge is 0.266 e. The Morgan fingerprint density at radius 2 is 1.68 bits per heavy atom. The Morgan fingerprint density at radius 3 is 2.36 bits per heavy atom. The summed E-state index contributed by atoms with van der Waals surface area (Å²) < 4.78 is 3.02. The summed E-state index contributed by atoms with van der Waals surface area (Å²) in [4.78, 5) is 33.0. The third-order valence-corrected chi connectivity index (χ3v) is 5.24. The lowest BCUT2D eigenvalue weighted by Gasteiger charge is -2.36. The van der Waals surface area contributed by atoms with Gasteiger partial charge in [0.05, 0.1) is 17.2 Å². The van der Waals surface area contributed by atoms with Crippen LogP contribution in [0.15, 0.2) is 46.2 Å². The molecule has 0 spiro atoms. The molecule has 4 rings (SSSR count). The Kier molecular flexibility index (Phi) is 4.62. The molecule has 3 heterocycles. The van der Waals surface area contributed by atoms with E-state index in [-0.39, 0.29) is 17.2 Å². The predicted octanol–water partition coefficient (Wildman–Crippen LogP) is 1.40. The number of rotatable bonds is 3. The molecular weight excluding hydrogens is 356 g/mol. The van der Waals surface area contributed by atoms with Gasteiger partial charge in [-0.05, 0) is 38.1 Å². The Labute approximate surface area is 162 Å². The zero-order chi connectivity index (χ0) is 19.8. The quantitative estimate of drug-likeness (QED) is 0.684. The molecule has 8 heteroatoms. The van der Waals surface area contributed by atoms with Gasteiger partial charge in [-0.1, -0.05) is 0 Å². The van der Waals surface area contributed by atoms with Crippen molar-refractivity contribution in [3.05, 3.63) is 57.4 Å². The Hall–Kier alpha value is -3.16. The third kappa shape index (κ3) is 3.26. The molecule has 0 unspecified atom stereocenters. The zero-order valence-electron chi connectivity index (χ0n) is 16.4. The average molecular weight is 380 g/mol. The molecule has 1 saturated heterocycles. The summed E-state index contributed by atoms with van der Waals surface area (Å²) in [5, 5.41) is 4.98. The highest BCUT2D eigenvalue weighted by Gasteiger charge is 2.19. The van der Waals surface area contributed by atoms with Crippen molar-refractivity contribution in [2.45, 2.75) is 19.9 Å². The van der Waals surface area contributed by atoms with Crippen LogP contribution in [0.4, 0.5) is 11.5 Å². The number of hydrogen-bond acceptors (Lipinski definition) is 6. The Morgan fingerprint density at radius 1 is 0.964 bits per heavy atom. The number of benzene rings is 1. The normalized spacial score (nSPS) is 14.9. The van der Waals surface area contributed by atoms with Gasteiger partial charge in [0.2, 0.25) is 0 Å². The lowest BCUT2D eigenvalue weighted by atomic mass is 10.2. The van der Waals surface area contributed by atoms with Crippen molar-refractivity contribution in [3.8, 4) is 0 Å². The first kappa shape index (κ1) is 18.2. The largest absolute Gasteiger partial charge is 0.368 e. The Bertz CT molecular complexity index is 1130. The van der Waals surface area contributed by atoms with Crippen molar-refractivity contribution >= 4 is 22.4 Å². The fourth-order valence-corrected chi connectivity index (χ4v) is 3.54. The van der Waals surface area contributed by atoms with Gasteiger partial charge in [0.1, 0.15) is 5.82 Å². The van der Waals surface area contributed by atoms with Gasteiger partial charge in [0.25, 0.3) is 11.1 Å². The molecule has 0 N–H and O–H groups in total. The van der Waals surface area contributed by atoms with Crippen LogP contribution in [0.5, 0.6) is 0 Å². The molecule has 0 bridgehead atoms. The lowest BCUT2D eigenvalue weighted by Crippen LogP contribution is -2.47. The van der Waals surface area contributed by atoms with E-state index in [1.807, 2.05) is 32.0 Å². The van der Waals surface area contributed by atoms with Crippen LogP contribution in [0, 0.1) is 0 Å². The lowest BCUT2D eigenvalue weighted by molar-refractivity contribution is 0.573. The van der Waals surface area contributed by atoms with Crippen molar-refractivity contribution in [1.29, 1.82) is 0 Å². The monoisotopic (exact) mass is 380 g/mol. The van der Waals surface area contributed by atoms with Crippen LogP contribution < -0.4 is 20.9 Å².